The van der Waals surface area contributed by atoms with Gasteiger partial charge in [0.1, 0.15) is 5.52 Å². The maximum atomic E-state index is 4.90. The molecular formula is C19H16N4. The highest BCUT2D eigenvalue weighted by Crippen LogP contribution is 2.31. The van der Waals surface area contributed by atoms with Crippen LogP contribution in [0.4, 0.5) is 0 Å². The zero-order chi connectivity index (χ0) is 15.8. The van der Waals surface area contributed by atoms with E-state index in [0.717, 1.165) is 39.4 Å². The van der Waals surface area contributed by atoms with Gasteiger partial charge in [0.05, 0.1) is 17.1 Å². The molecule has 0 saturated carbocycles. The van der Waals surface area contributed by atoms with Crippen LogP contribution in [0, 0.1) is 6.92 Å². The van der Waals surface area contributed by atoms with Crippen LogP contribution in [-0.2, 0) is 7.05 Å². The maximum absolute atomic E-state index is 4.90. The summed E-state index contributed by atoms with van der Waals surface area (Å²) in [4.78, 5) is 9.78. The van der Waals surface area contributed by atoms with Gasteiger partial charge in [-0.05, 0) is 6.92 Å². The molecule has 0 saturated heterocycles. The average molecular weight is 300 g/mol. The Bertz CT molecular complexity index is 893. The van der Waals surface area contributed by atoms with Crippen LogP contribution < -0.4 is 0 Å². The standard InChI is InChI=1S/C19H16N4/c1-13-16-19(23(2)22-13)21-18(15-11-7-4-8-12-15)17(20-16)14-9-5-3-6-10-14/h3-12H,1-2H3. The molecule has 2 aromatic carbocycles. The first-order chi connectivity index (χ1) is 11.2. The Hall–Kier alpha value is -3.01. The zero-order valence-electron chi connectivity index (χ0n) is 13.1. The summed E-state index contributed by atoms with van der Waals surface area (Å²) >= 11 is 0. The molecule has 0 aliphatic carbocycles. The molecule has 112 valence electrons. The second-order valence-electron chi connectivity index (χ2n) is 5.53. The predicted octanol–water partition coefficient (Wildman–Crippen LogP) is 4.01. The van der Waals surface area contributed by atoms with E-state index >= 15 is 0 Å². The lowest BCUT2D eigenvalue weighted by molar-refractivity contribution is 0.774. The van der Waals surface area contributed by atoms with Crippen molar-refractivity contribution in [1.82, 2.24) is 19.7 Å². The van der Waals surface area contributed by atoms with E-state index in [0.29, 0.717) is 0 Å². The molecule has 4 nitrogen and oxygen atoms in total. The van der Waals surface area contributed by atoms with Crippen molar-refractivity contribution in [3.05, 3.63) is 66.4 Å². The van der Waals surface area contributed by atoms with Gasteiger partial charge < -0.3 is 0 Å². The highest BCUT2D eigenvalue weighted by molar-refractivity contribution is 5.85. The van der Waals surface area contributed by atoms with E-state index < -0.39 is 0 Å². The Labute approximate surface area is 134 Å². The van der Waals surface area contributed by atoms with Crippen LogP contribution in [-0.4, -0.2) is 19.7 Å². The summed E-state index contributed by atoms with van der Waals surface area (Å²) in [5.74, 6) is 0. The fourth-order valence-corrected chi connectivity index (χ4v) is 2.81. The quantitative estimate of drug-likeness (QED) is 0.562. The maximum Gasteiger partial charge on any atom is 0.177 e. The van der Waals surface area contributed by atoms with Crippen molar-refractivity contribution in [2.75, 3.05) is 0 Å². The van der Waals surface area contributed by atoms with Crippen molar-refractivity contribution in [3.63, 3.8) is 0 Å². The summed E-state index contributed by atoms with van der Waals surface area (Å²) in [7, 11) is 1.90. The van der Waals surface area contributed by atoms with Crippen LogP contribution in [0.3, 0.4) is 0 Å². The first-order valence-corrected chi connectivity index (χ1v) is 7.56. The van der Waals surface area contributed by atoms with Gasteiger partial charge in [-0.25, -0.2) is 14.6 Å². The second kappa shape index (κ2) is 5.32. The van der Waals surface area contributed by atoms with Crippen LogP contribution in [0.15, 0.2) is 60.7 Å². The minimum absolute atomic E-state index is 0.807. The van der Waals surface area contributed by atoms with Gasteiger partial charge in [0.2, 0.25) is 0 Å². The Morgan fingerprint density at radius 2 is 1.26 bits per heavy atom. The lowest BCUT2D eigenvalue weighted by Crippen LogP contribution is -1.98. The fraction of sp³-hybridized carbons (Fsp3) is 0.105. The summed E-state index contributed by atoms with van der Waals surface area (Å²) in [6.07, 6.45) is 0. The Kier molecular flexibility index (Phi) is 3.15. The molecule has 0 fully saturated rings. The SMILES string of the molecule is Cc1nn(C)c2nc(-c3ccccc3)c(-c3ccccc3)nc12. The number of aryl methyl sites for hydroxylation is 2. The lowest BCUT2D eigenvalue weighted by Gasteiger charge is -2.09. The smallest absolute Gasteiger partial charge is 0.177 e. The third kappa shape index (κ3) is 2.28. The van der Waals surface area contributed by atoms with Gasteiger partial charge in [-0.1, -0.05) is 60.7 Å². The summed E-state index contributed by atoms with van der Waals surface area (Å²) in [5.41, 5.74) is 6.44. The molecule has 0 bridgehead atoms. The van der Waals surface area contributed by atoms with Crippen molar-refractivity contribution in [3.8, 4) is 22.5 Å². The molecule has 2 aromatic heterocycles. The van der Waals surface area contributed by atoms with Crippen LogP contribution in [0.2, 0.25) is 0 Å². The molecule has 0 spiro atoms. The number of nitrogens with zero attached hydrogens (tertiary/aromatic N) is 4. The molecule has 0 aliphatic heterocycles. The van der Waals surface area contributed by atoms with E-state index in [1.165, 1.54) is 0 Å². The van der Waals surface area contributed by atoms with E-state index in [2.05, 4.69) is 29.4 Å². The van der Waals surface area contributed by atoms with Crippen LogP contribution in [0.25, 0.3) is 33.7 Å². The molecule has 0 N–H and O–H groups in total. The molecule has 0 radical (unpaired) electrons. The molecule has 4 heteroatoms. The van der Waals surface area contributed by atoms with E-state index in [1.807, 2.05) is 50.4 Å². The van der Waals surface area contributed by atoms with Crippen molar-refractivity contribution < 1.29 is 0 Å². The van der Waals surface area contributed by atoms with Gasteiger partial charge in [0.15, 0.2) is 5.65 Å². The summed E-state index contributed by atoms with van der Waals surface area (Å²) in [6.45, 7) is 1.97. The lowest BCUT2D eigenvalue weighted by atomic mass is 10.0. The third-order valence-corrected chi connectivity index (χ3v) is 3.92. The highest BCUT2D eigenvalue weighted by Gasteiger charge is 2.16. The Morgan fingerprint density at radius 1 is 0.739 bits per heavy atom. The topological polar surface area (TPSA) is 43.6 Å². The Morgan fingerprint density at radius 3 is 1.83 bits per heavy atom. The van der Waals surface area contributed by atoms with Crippen molar-refractivity contribution in [1.29, 1.82) is 0 Å². The van der Waals surface area contributed by atoms with Gasteiger partial charge >= 0.3 is 0 Å². The number of hydrogen-bond donors (Lipinski definition) is 0. The molecule has 2 heterocycles. The molecule has 0 aliphatic rings. The number of fused-ring (bicyclic) bond motifs is 1. The normalized spacial score (nSPS) is 11.0. The van der Waals surface area contributed by atoms with E-state index in [9.17, 15) is 0 Å². The van der Waals surface area contributed by atoms with Crippen LogP contribution in [0.5, 0.6) is 0 Å². The molecule has 0 atom stereocenters. The number of benzene rings is 2. The van der Waals surface area contributed by atoms with E-state index in [4.69, 9.17) is 9.97 Å². The third-order valence-electron chi connectivity index (χ3n) is 3.92. The molecule has 23 heavy (non-hydrogen) atoms. The number of aromatic nitrogens is 4. The van der Waals surface area contributed by atoms with Crippen LogP contribution in [0.1, 0.15) is 5.69 Å². The monoisotopic (exact) mass is 300 g/mol. The first kappa shape index (κ1) is 13.6. The number of hydrogen-bond acceptors (Lipinski definition) is 3. The molecule has 0 unspecified atom stereocenters. The molecule has 4 rings (SSSR count). The van der Waals surface area contributed by atoms with Gasteiger partial charge in [0, 0.05) is 18.2 Å². The summed E-state index contributed by atoms with van der Waals surface area (Å²) in [6, 6.07) is 20.3. The van der Waals surface area contributed by atoms with Crippen molar-refractivity contribution in [2.45, 2.75) is 6.92 Å². The first-order valence-electron chi connectivity index (χ1n) is 7.56. The second-order valence-corrected chi connectivity index (χ2v) is 5.53. The summed E-state index contributed by atoms with van der Waals surface area (Å²) in [5, 5.41) is 4.45. The Balaban J connectivity index is 2.08. The van der Waals surface area contributed by atoms with Gasteiger partial charge in [-0.3, -0.25) is 0 Å². The molecular weight excluding hydrogens is 284 g/mol. The largest absolute Gasteiger partial charge is 0.249 e. The van der Waals surface area contributed by atoms with Crippen LogP contribution >= 0.6 is 0 Å². The van der Waals surface area contributed by atoms with E-state index in [1.54, 1.807) is 4.68 Å². The molecule has 0 amide bonds. The van der Waals surface area contributed by atoms with Crippen molar-refractivity contribution >= 4 is 11.2 Å². The minimum Gasteiger partial charge on any atom is -0.249 e. The minimum atomic E-state index is 0.807. The predicted molar refractivity (Wildman–Crippen MR) is 91.9 cm³/mol. The average Bonchev–Trinajstić information content (AvgIpc) is 2.89. The fourth-order valence-electron chi connectivity index (χ4n) is 2.81. The van der Waals surface area contributed by atoms with Gasteiger partial charge in [-0.15, -0.1) is 0 Å². The number of rotatable bonds is 2. The summed E-state index contributed by atoms with van der Waals surface area (Å²) < 4.78 is 1.79. The van der Waals surface area contributed by atoms with E-state index in [-0.39, 0.29) is 0 Å². The molecule has 4 aromatic rings. The zero-order valence-corrected chi connectivity index (χ0v) is 13.1. The van der Waals surface area contributed by atoms with Crippen molar-refractivity contribution in [2.24, 2.45) is 7.05 Å². The highest BCUT2D eigenvalue weighted by atomic mass is 15.3. The van der Waals surface area contributed by atoms with Gasteiger partial charge in [-0.2, -0.15) is 5.10 Å². The van der Waals surface area contributed by atoms with Gasteiger partial charge in [0.25, 0.3) is 0 Å².